The molecule has 0 aliphatic heterocycles. The molecule has 0 saturated carbocycles. The quantitative estimate of drug-likeness (QED) is 0.835. The van der Waals surface area contributed by atoms with Crippen LogP contribution in [0.15, 0.2) is 30.3 Å². The van der Waals surface area contributed by atoms with E-state index in [-0.39, 0.29) is 0 Å². The van der Waals surface area contributed by atoms with Crippen molar-refractivity contribution < 1.29 is 0 Å². The Labute approximate surface area is 110 Å². The molecule has 0 amide bonds. The summed E-state index contributed by atoms with van der Waals surface area (Å²) < 4.78 is 0. The van der Waals surface area contributed by atoms with Crippen LogP contribution in [0.25, 0.3) is 0 Å². The van der Waals surface area contributed by atoms with Crippen LogP contribution in [0.4, 0.5) is 0 Å². The second-order valence-corrected chi connectivity index (χ2v) is 5.22. The van der Waals surface area contributed by atoms with E-state index in [1.165, 1.54) is 0 Å². The minimum Gasteiger partial charge on any atom is -0.303 e. The summed E-state index contributed by atoms with van der Waals surface area (Å²) in [5, 5.41) is 12.8. The van der Waals surface area contributed by atoms with Crippen LogP contribution in [-0.4, -0.2) is 32.1 Å². The van der Waals surface area contributed by atoms with Gasteiger partial charge >= 0.3 is 0 Å². The molecule has 0 aromatic heterocycles. The Bertz CT molecular complexity index is 394. The lowest BCUT2D eigenvalue weighted by atomic mass is 9.90. The summed E-state index contributed by atoms with van der Waals surface area (Å²) in [6, 6.07) is 12.4. The average Bonchev–Trinajstić information content (AvgIpc) is 2.36. The summed E-state index contributed by atoms with van der Waals surface area (Å²) in [4.78, 5) is 2.21. The molecule has 0 fully saturated rings. The Balaban J connectivity index is 2.92. The molecule has 3 heteroatoms. The van der Waals surface area contributed by atoms with Crippen molar-refractivity contribution in [3.8, 4) is 6.07 Å². The third-order valence-corrected chi connectivity index (χ3v) is 3.07. The number of benzene rings is 1. The minimum absolute atomic E-state index is 0.596. The first-order valence-electron chi connectivity index (χ1n) is 6.38. The number of rotatable bonds is 6. The largest absolute Gasteiger partial charge is 0.303 e. The van der Waals surface area contributed by atoms with Crippen molar-refractivity contribution in [3.63, 3.8) is 0 Å². The summed E-state index contributed by atoms with van der Waals surface area (Å²) in [7, 11) is 3.91. The topological polar surface area (TPSA) is 39.1 Å². The molecule has 0 bridgehead atoms. The zero-order valence-electron chi connectivity index (χ0n) is 11.8. The third-order valence-electron chi connectivity index (χ3n) is 3.07. The average molecular weight is 245 g/mol. The molecule has 0 radical (unpaired) electrons. The molecule has 1 aromatic carbocycles. The highest BCUT2D eigenvalue weighted by Crippen LogP contribution is 2.21. The Kier molecular flexibility index (Phi) is 5.33. The fourth-order valence-corrected chi connectivity index (χ4v) is 2.29. The van der Waals surface area contributed by atoms with Crippen molar-refractivity contribution >= 4 is 0 Å². The van der Waals surface area contributed by atoms with Gasteiger partial charge in [-0.15, -0.1) is 0 Å². The van der Waals surface area contributed by atoms with Gasteiger partial charge in [0.1, 0.15) is 5.54 Å². The first kappa shape index (κ1) is 14.7. The fourth-order valence-electron chi connectivity index (χ4n) is 2.29. The molecule has 0 heterocycles. The molecule has 0 spiro atoms. The Hall–Kier alpha value is -1.37. The number of nitrogens with zero attached hydrogens (tertiary/aromatic N) is 2. The van der Waals surface area contributed by atoms with E-state index in [1.807, 2.05) is 37.4 Å². The number of hydrogen-bond acceptors (Lipinski definition) is 3. The summed E-state index contributed by atoms with van der Waals surface area (Å²) in [5.74, 6) is 0.596. The van der Waals surface area contributed by atoms with Crippen molar-refractivity contribution in [2.24, 2.45) is 5.92 Å². The molecule has 1 atom stereocenters. The van der Waals surface area contributed by atoms with E-state index in [9.17, 15) is 5.26 Å². The highest BCUT2D eigenvalue weighted by atomic mass is 15.1. The van der Waals surface area contributed by atoms with Gasteiger partial charge < -0.3 is 4.90 Å². The van der Waals surface area contributed by atoms with Gasteiger partial charge in [-0.05, 0) is 25.6 Å². The molecule has 3 nitrogen and oxygen atoms in total. The second kappa shape index (κ2) is 6.53. The lowest BCUT2D eigenvalue weighted by Gasteiger charge is -2.32. The molecular formula is C15H23N3. The molecule has 1 N–H and O–H groups in total. The molecule has 0 aliphatic carbocycles. The fraction of sp³-hybridized carbons (Fsp3) is 0.533. The van der Waals surface area contributed by atoms with E-state index in [0.29, 0.717) is 12.5 Å². The summed E-state index contributed by atoms with van der Waals surface area (Å²) in [6.45, 7) is 6.04. The third kappa shape index (κ3) is 3.56. The maximum absolute atomic E-state index is 9.57. The first-order chi connectivity index (χ1) is 8.54. The number of nitrogens with one attached hydrogen (secondary N) is 1. The SMILES string of the molecule is CNC(C#N)(CN(C)CC(C)C)c1ccccc1. The van der Waals surface area contributed by atoms with Crippen LogP contribution in [0.5, 0.6) is 0 Å². The number of likely N-dealkylation sites (N-methyl/N-ethyl adjacent to an activating group) is 2. The van der Waals surface area contributed by atoms with E-state index in [0.717, 1.165) is 12.1 Å². The van der Waals surface area contributed by atoms with Crippen molar-refractivity contribution in [1.29, 1.82) is 5.26 Å². The van der Waals surface area contributed by atoms with Crippen LogP contribution >= 0.6 is 0 Å². The Morgan fingerprint density at radius 2 is 1.94 bits per heavy atom. The highest BCUT2D eigenvalue weighted by Gasteiger charge is 2.31. The van der Waals surface area contributed by atoms with Gasteiger partial charge in [0.05, 0.1) is 6.07 Å². The van der Waals surface area contributed by atoms with E-state index in [4.69, 9.17) is 0 Å². The van der Waals surface area contributed by atoms with E-state index < -0.39 is 5.54 Å². The Morgan fingerprint density at radius 1 is 1.33 bits per heavy atom. The molecule has 0 saturated heterocycles. The van der Waals surface area contributed by atoms with Crippen molar-refractivity contribution in [2.45, 2.75) is 19.4 Å². The van der Waals surface area contributed by atoms with Gasteiger partial charge in [0.2, 0.25) is 0 Å². The van der Waals surface area contributed by atoms with Gasteiger partial charge in [-0.2, -0.15) is 5.26 Å². The van der Waals surface area contributed by atoms with Crippen LogP contribution in [0.3, 0.4) is 0 Å². The van der Waals surface area contributed by atoms with Gasteiger partial charge in [-0.25, -0.2) is 0 Å². The molecule has 1 rings (SSSR count). The number of hydrogen-bond donors (Lipinski definition) is 1. The Morgan fingerprint density at radius 3 is 2.39 bits per heavy atom. The minimum atomic E-state index is -0.634. The van der Waals surface area contributed by atoms with Crippen molar-refractivity contribution in [1.82, 2.24) is 10.2 Å². The normalized spacial score (nSPS) is 14.5. The molecule has 1 aromatic rings. The molecule has 98 valence electrons. The first-order valence-corrected chi connectivity index (χ1v) is 6.38. The molecular weight excluding hydrogens is 222 g/mol. The maximum atomic E-state index is 9.57. The van der Waals surface area contributed by atoms with Gasteiger partial charge in [0, 0.05) is 13.1 Å². The van der Waals surface area contributed by atoms with Crippen LogP contribution < -0.4 is 5.32 Å². The predicted molar refractivity (Wildman–Crippen MR) is 75.1 cm³/mol. The summed E-state index contributed by atoms with van der Waals surface area (Å²) in [6.07, 6.45) is 0. The van der Waals surface area contributed by atoms with E-state index in [1.54, 1.807) is 0 Å². The zero-order valence-corrected chi connectivity index (χ0v) is 11.8. The maximum Gasteiger partial charge on any atom is 0.144 e. The lowest BCUT2D eigenvalue weighted by molar-refractivity contribution is 0.235. The van der Waals surface area contributed by atoms with Gasteiger partial charge in [-0.3, -0.25) is 5.32 Å². The molecule has 18 heavy (non-hydrogen) atoms. The monoisotopic (exact) mass is 245 g/mol. The second-order valence-electron chi connectivity index (χ2n) is 5.22. The molecule has 0 aliphatic rings. The smallest absolute Gasteiger partial charge is 0.144 e. The predicted octanol–water partition coefficient (Wildman–Crippen LogP) is 2.21. The number of nitriles is 1. The van der Waals surface area contributed by atoms with Crippen LogP contribution in [-0.2, 0) is 5.54 Å². The van der Waals surface area contributed by atoms with E-state index >= 15 is 0 Å². The van der Waals surface area contributed by atoms with Gasteiger partial charge in [-0.1, -0.05) is 44.2 Å². The standard InChI is InChI=1S/C15H23N3/c1-13(2)10-18(4)12-15(11-16,17-3)14-8-6-5-7-9-14/h5-9,13,17H,10,12H2,1-4H3. The van der Waals surface area contributed by atoms with Crippen LogP contribution in [0, 0.1) is 17.2 Å². The van der Waals surface area contributed by atoms with Gasteiger partial charge in [0.15, 0.2) is 0 Å². The summed E-state index contributed by atoms with van der Waals surface area (Å²) in [5.41, 5.74) is 0.385. The van der Waals surface area contributed by atoms with Crippen molar-refractivity contribution in [3.05, 3.63) is 35.9 Å². The van der Waals surface area contributed by atoms with Crippen molar-refractivity contribution in [2.75, 3.05) is 27.2 Å². The zero-order chi connectivity index (χ0) is 13.6. The lowest BCUT2D eigenvalue weighted by Crippen LogP contribution is -2.48. The highest BCUT2D eigenvalue weighted by molar-refractivity contribution is 5.31. The van der Waals surface area contributed by atoms with Gasteiger partial charge in [0.25, 0.3) is 0 Å². The van der Waals surface area contributed by atoms with Crippen LogP contribution in [0.1, 0.15) is 19.4 Å². The van der Waals surface area contributed by atoms with E-state index in [2.05, 4.69) is 37.2 Å². The van der Waals surface area contributed by atoms with Crippen LogP contribution in [0.2, 0.25) is 0 Å². The molecule has 1 unspecified atom stereocenters. The summed E-state index contributed by atoms with van der Waals surface area (Å²) >= 11 is 0.